The van der Waals surface area contributed by atoms with E-state index in [1.54, 1.807) is 0 Å². The van der Waals surface area contributed by atoms with E-state index < -0.39 is 10.8 Å². The lowest BCUT2D eigenvalue weighted by atomic mass is 10.1. The number of amides is 1. The Morgan fingerprint density at radius 1 is 1.21 bits per heavy atom. The summed E-state index contributed by atoms with van der Waals surface area (Å²) in [5, 5.41) is 3.02. The molecule has 0 atom stereocenters. The Balaban J connectivity index is 1.81. The van der Waals surface area contributed by atoms with Crippen molar-refractivity contribution in [1.29, 1.82) is 0 Å². The van der Waals surface area contributed by atoms with E-state index in [0.29, 0.717) is 24.5 Å². The van der Waals surface area contributed by atoms with Gasteiger partial charge in [0.05, 0.1) is 6.42 Å². The predicted molar refractivity (Wildman–Crippen MR) is 77.1 cm³/mol. The van der Waals surface area contributed by atoms with Crippen molar-refractivity contribution in [3.8, 4) is 0 Å². The van der Waals surface area contributed by atoms with Crippen LogP contribution in [0.25, 0.3) is 0 Å². The third-order valence-electron chi connectivity index (χ3n) is 3.38. The molecular formula is C14H20N2O2S. The van der Waals surface area contributed by atoms with Gasteiger partial charge in [0.25, 0.3) is 0 Å². The highest BCUT2D eigenvalue weighted by Crippen LogP contribution is 2.10. The highest BCUT2D eigenvalue weighted by Gasteiger charge is 2.19. The SMILES string of the molecule is NCc1ccc(CC(=O)NC2CCS(=O)CC2)cc1. The molecule has 19 heavy (non-hydrogen) atoms. The van der Waals surface area contributed by atoms with Gasteiger partial charge >= 0.3 is 0 Å². The number of nitrogens with two attached hydrogens (primary N) is 1. The standard InChI is InChI=1S/C14H20N2O2S/c15-10-12-3-1-11(2-4-12)9-14(17)16-13-5-7-19(18)8-6-13/h1-4,13H,5-10,15H2,(H,16,17). The zero-order valence-electron chi connectivity index (χ0n) is 10.9. The number of rotatable bonds is 4. The van der Waals surface area contributed by atoms with Crippen LogP contribution in [0, 0.1) is 0 Å². The lowest BCUT2D eigenvalue weighted by Gasteiger charge is -2.22. The average molecular weight is 280 g/mol. The van der Waals surface area contributed by atoms with Crippen molar-refractivity contribution in [2.75, 3.05) is 11.5 Å². The topological polar surface area (TPSA) is 72.2 Å². The van der Waals surface area contributed by atoms with Crippen molar-refractivity contribution in [1.82, 2.24) is 5.32 Å². The fourth-order valence-corrected chi connectivity index (χ4v) is 3.49. The molecule has 0 radical (unpaired) electrons. The molecule has 0 bridgehead atoms. The van der Waals surface area contributed by atoms with Crippen molar-refractivity contribution >= 4 is 16.7 Å². The van der Waals surface area contributed by atoms with Crippen LogP contribution in [-0.4, -0.2) is 27.7 Å². The summed E-state index contributed by atoms with van der Waals surface area (Å²) in [7, 11) is -0.681. The Kier molecular flexibility index (Phi) is 5.10. The van der Waals surface area contributed by atoms with Gasteiger partial charge in [0.15, 0.2) is 0 Å². The number of hydrogen-bond acceptors (Lipinski definition) is 3. The van der Waals surface area contributed by atoms with Gasteiger partial charge in [-0.25, -0.2) is 0 Å². The molecule has 3 N–H and O–H groups in total. The van der Waals surface area contributed by atoms with Crippen molar-refractivity contribution in [2.45, 2.75) is 31.8 Å². The smallest absolute Gasteiger partial charge is 0.224 e. The molecule has 0 unspecified atom stereocenters. The Labute approximate surface area is 116 Å². The molecule has 0 aromatic heterocycles. The zero-order valence-corrected chi connectivity index (χ0v) is 11.7. The molecule has 4 nitrogen and oxygen atoms in total. The van der Waals surface area contributed by atoms with Crippen molar-refractivity contribution in [3.05, 3.63) is 35.4 Å². The van der Waals surface area contributed by atoms with Gasteiger partial charge in [-0.1, -0.05) is 24.3 Å². The molecule has 0 saturated carbocycles. The normalized spacial score (nSPS) is 23.0. The van der Waals surface area contributed by atoms with Gasteiger partial charge in [0, 0.05) is 34.9 Å². The summed E-state index contributed by atoms with van der Waals surface area (Å²) < 4.78 is 11.2. The van der Waals surface area contributed by atoms with Gasteiger partial charge in [0.1, 0.15) is 0 Å². The van der Waals surface area contributed by atoms with Crippen LogP contribution in [0.3, 0.4) is 0 Å². The quantitative estimate of drug-likeness (QED) is 0.853. The molecule has 1 aliphatic heterocycles. The number of carbonyl (C=O) groups excluding carboxylic acids is 1. The van der Waals surface area contributed by atoms with Crippen LogP contribution in [-0.2, 0) is 28.6 Å². The van der Waals surface area contributed by atoms with Gasteiger partial charge in [-0.15, -0.1) is 0 Å². The second-order valence-corrected chi connectivity index (χ2v) is 6.58. The molecule has 1 heterocycles. The van der Waals surface area contributed by atoms with Gasteiger partial charge < -0.3 is 11.1 Å². The summed E-state index contributed by atoms with van der Waals surface area (Å²) in [4.78, 5) is 11.9. The minimum atomic E-state index is -0.681. The van der Waals surface area contributed by atoms with Gasteiger partial charge in [-0.2, -0.15) is 0 Å². The summed E-state index contributed by atoms with van der Waals surface area (Å²) in [6, 6.07) is 7.97. The molecule has 1 aliphatic rings. The highest BCUT2D eigenvalue weighted by molar-refractivity contribution is 7.85. The van der Waals surface area contributed by atoms with Crippen molar-refractivity contribution < 1.29 is 9.00 Å². The largest absolute Gasteiger partial charge is 0.353 e. The first-order valence-corrected chi connectivity index (χ1v) is 8.08. The first-order valence-electron chi connectivity index (χ1n) is 6.59. The highest BCUT2D eigenvalue weighted by atomic mass is 32.2. The van der Waals surface area contributed by atoms with Crippen molar-refractivity contribution in [3.63, 3.8) is 0 Å². The van der Waals surface area contributed by atoms with E-state index >= 15 is 0 Å². The van der Waals surface area contributed by atoms with E-state index in [0.717, 1.165) is 24.0 Å². The minimum Gasteiger partial charge on any atom is -0.353 e. The van der Waals surface area contributed by atoms with E-state index in [9.17, 15) is 9.00 Å². The van der Waals surface area contributed by atoms with E-state index in [4.69, 9.17) is 5.73 Å². The van der Waals surface area contributed by atoms with E-state index in [-0.39, 0.29) is 11.9 Å². The summed E-state index contributed by atoms with van der Waals surface area (Å²) in [5.74, 6) is 1.45. The summed E-state index contributed by atoms with van der Waals surface area (Å²) in [6.45, 7) is 0.520. The lowest BCUT2D eigenvalue weighted by molar-refractivity contribution is -0.121. The molecule has 1 aromatic carbocycles. The minimum absolute atomic E-state index is 0.0400. The lowest BCUT2D eigenvalue weighted by Crippen LogP contribution is -2.40. The molecular weight excluding hydrogens is 260 g/mol. The number of hydrogen-bond donors (Lipinski definition) is 2. The van der Waals surface area contributed by atoms with Crippen LogP contribution < -0.4 is 11.1 Å². The fraction of sp³-hybridized carbons (Fsp3) is 0.500. The molecule has 5 heteroatoms. The second kappa shape index (κ2) is 6.82. The second-order valence-electron chi connectivity index (χ2n) is 4.89. The molecule has 1 saturated heterocycles. The maximum Gasteiger partial charge on any atom is 0.224 e. The van der Waals surface area contributed by atoms with Crippen LogP contribution in [0.5, 0.6) is 0 Å². The summed E-state index contributed by atoms with van der Waals surface area (Å²) in [6.07, 6.45) is 2.04. The van der Waals surface area contributed by atoms with E-state index in [1.807, 2.05) is 24.3 Å². The molecule has 2 rings (SSSR count). The monoisotopic (exact) mass is 280 g/mol. The van der Waals surface area contributed by atoms with Crippen LogP contribution in [0.4, 0.5) is 0 Å². The number of carbonyl (C=O) groups is 1. The van der Waals surface area contributed by atoms with Crippen LogP contribution in [0.2, 0.25) is 0 Å². The molecule has 1 aromatic rings. The van der Waals surface area contributed by atoms with Crippen LogP contribution >= 0.6 is 0 Å². The molecule has 1 amide bonds. The zero-order chi connectivity index (χ0) is 13.7. The van der Waals surface area contributed by atoms with Gasteiger partial charge in [0.2, 0.25) is 5.91 Å². The van der Waals surface area contributed by atoms with E-state index in [1.165, 1.54) is 0 Å². The maximum absolute atomic E-state index is 11.9. The van der Waals surface area contributed by atoms with Crippen LogP contribution in [0.15, 0.2) is 24.3 Å². The molecule has 0 aliphatic carbocycles. The Morgan fingerprint density at radius 2 is 1.79 bits per heavy atom. The van der Waals surface area contributed by atoms with Gasteiger partial charge in [-0.3, -0.25) is 9.00 Å². The maximum atomic E-state index is 11.9. The summed E-state index contributed by atoms with van der Waals surface area (Å²) >= 11 is 0. The molecule has 104 valence electrons. The first-order chi connectivity index (χ1) is 9.17. The number of nitrogens with one attached hydrogen (secondary N) is 1. The number of benzene rings is 1. The fourth-order valence-electron chi connectivity index (χ4n) is 2.20. The molecule has 0 spiro atoms. The third kappa shape index (κ3) is 4.44. The van der Waals surface area contributed by atoms with Gasteiger partial charge in [-0.05, 0) is 24.0 Å². The van der Waals surface area contributed by atoms with Crippen molar-refractivity contribution in [2.24, 2.45) is 5.73 Å². The summed E-state index contributed by atoms with van der Waals surface area (Å²) in [5.41, 5.74) is 7.59. The molecule has 1 fully saturated rings. The third-order valence-corrected chi connectivity index (χ3v) is 4.76. The average Bonchev–Trinajstić information content (AvgIpc) is 2.42. The Bertz CT molecular complexity index is 449. The van der Waals surface area contributed by atoms with Crippen LogP contribution in [0.1, 0.15) is 24.0 Å². The first kappa shape index (κ1) is 14.2. The predicted octanol–water partition coefficient (Wildman–Crippen LogP) is 0.715. The Morgan fingerprint density at radius 3 is 2.37 bits per heavy atom. The Hall–Kier alpha value is -1.20. The van der Waals surface area contributed by atoms with E-state index in [2.05, 4.69) is 5.32 Å².